The van der Waals surface area contributed by atoms with E-state index in [1.165, 1.54) is 0 Å². The Hall–Kier alpha value is -2.89. The van der Waals surface area contributed by atoms with Crippen molar-refractivity contribution in [1.82, 2.24) is 10.6 Å². The van der Waals surface area contributed by atoms with Crippen molar-refractivity contribution in [3.63, 3.8) is 0 Å². The fraction of sp³-hybridized carbons (Fsp3) is 0.316. The van der Waals surface area contributed by atoms with Crippen molar-refractivity contribution in [3.05, 3.63) is 54.1 Å². The molecule has 2 aromatic rings. The smallest absolute Gasteiger partial charge is 0.315 e. The molecule has 0 heterocycles. The van der Waals surface area contributed by atoms with Gasteiger partial charge in [-0.2, -0.15) is 0 Å². The fourth-order valence-electron chi connectivity index (χ4n) is 2.24. The van der Waals surface area contributed by atoms with E-state index >= 15 is 0 Å². The van der Waals surface area contributed by atoms with Crippen LogP contribution in [0.5, 0.6) is 17.2 Å². The third-order valence-corrected chi connectivity index (χ3v) is 3.40. The Balaban J connectivity index is 1.68. The van der Waals surface area contributed by atoms with Gasteiger partial charge < -0.3 is 24.8 Å². The lowest BCUT2D eigenvalue weighted by molar-refractivity contribution is 0.236. The number of ether oxygens (including phenoxy) is 3. The molecule has 0 bridgehead atoms. The summed E-state index contributed by atoms with van der Waals surface area (Å²) in [5.74, 6) is 2.23. The van der Waals surface area contributed by atoms with Crippen molar-refractivity contribution in [2.24, 2.45) is 0 Å². The Morgan fingerprint density at radius 3 is 2.52 bits per heavy atom. The number of nitrogens with one attached hydrogen (secondary N) is 2. The number of urea groups is 1. The van der Waals surface area contributed by atoms with Crippen LogP contribution in [-0.4, -0.2) is 32.9 Å². The van der Waals surface area contributed by atoms with E-state index in [1.54, 1.807) is 7.11 Å². The van der Waals surface area contributed by atoms with E-state index in [-0.39, 0.29) is 6.03 Å². The number of hydrogen-bond donors (Lipinski definition) is 2. The molecule has 25 heavy (non-hydrogen) atoms. The third-order valence-electron chi connectivity index (χ3n) is 3.40. The molecule has 2 aromatic carbocycles. The summed E-state index contributed by atoms with van der Waals surface area (Å²) >= 11 is 0. The van der Waals surface area contributed by atoms with Crippen molar-refractivity contribution in [2.75, 3.05) is 26.9 Å². The second kappa shape index (κ2) is 10.1. The highest BCUT2D eigenvalue weighted by Crippen LogP contribution is 2.19. The molecule has 0 fully saturated rings. The van der Waals surface area contributed by atoms with Crippen LogP contribution < -0.4 is 24.8 Å². The van der Waals surface area contributed by atoms with Crippen molar-refractivity contribution in [2.45, 2.75) is 13.5 Å². The van der Waals surface area contributed by atoms with E-state index in [0.29, 0.717) is 32.1 Å². The zero-order chi connectivity index (χ0) is 17.9. The first-order valence-electron chi connectivity index (χ1n) is 8.22. The van der Waals surface area contributed by atoms with Gasteiger partial charge in [-0.25, -0.2) is 4.79 Å². The predicted octanol–water partition coefficient (Wildman–Crippen LogP) is 2.97. The number of rotatable bonds is 9. The maximum absolute atomic E-state index is 11.8. The molecule has 0 aliphatic rings. The molecule has 2 amide bonds. The van der Waals surface area contributed by atoms with Gasteiger partial charge in [0.25, 0.3) is 0 Å². The normalized spacial score (nSPS) is 10.0. The zero-order valence-corrected chi connectivity index (χ0v) is 14.6. The van der Waals surface area contributed by atoms with Crippen molar-refractivity contribution >= 4 is 6.03 Å². The number of methoxy groups -OCH3 is 1. The molecule has 0 aliphatic heterocycles. The molecule has 134 valence electrons. The average molecular weight is 344 g/mol. The molecule has 0 atom stereocenters. The zero-order valence-electron chi connectivity index (χ0n) is 14.6. The quantitative estimate of drug-likeness (QED) is 0.686. The molecule has 0 spiro atoms. The summed E-state index contributed by atoms with van der Waals surface area (Å²) in [5, 5.41) is 5.55. The van der Waals surface area contributed by atoms with Gasteiger partial charge in [0.2, 0.25) is 0 Å². The van der Waals surface area contributed by atoms with Crippen molar-refractivity contribution in [3.8, 4) is 17.2 Å². The van der Waals surface area contributed by atoms with Gasteiger partial charge >= 0.3 is 6.03 Å². The van der Waals surface area contributed by atoms with E-state index < -0.39 is 0 Å². The lowest BCUT2D eigenvalue weighted by atomic mass is 10.2. The van der Waals surface area contributed by atoms with Gasteiger partial charge in [0.05, 0.1) is 20.3 Å². The molecule has 2 rings (SSSR count). The lowest BCUT2D eigenvalue weighted by Crippen LogP contribution is -2.37. The molecule has 6 nitrogen and oxygen atoms in total. The second-order valence-electron chi connectivity index (χ2n) is 5.18. The lowest BCUT2D eigenvalue weighted by Gasteiger charge is -2.11. The monoisotopic (exact) mass is 344 g/mol. The van der Waals surface area contributed by atoms with E-state index in [9.17, 15) is 4.79 Å². The van der Waals surface area contributed by atoms with Crippen LogP contribution in [0.15, 0.2) is 48.5 Å². The summed E-state index contributed by atoms with van der Waals surface area (Å²) in [5.41, 5.74) is 0.920. The Kier molecular flexibility index (Phi) is 7.43. The van der Waals surface area contributed by atoms with Gasteiger partial charge in [-0.3, -0.25) is 0 Å². The summed E-state index contributed by atoms with van der Waals surface area (Å²) in [6, 6.07) is 14.7. The number of hydrogen-bond acceptors (Lipinski definition) is 4. The molecule has 0 aromatic heterocycles. The van der Waals surface area contributed by atoms with Gasteiger partial charge in [-0.1, -0.05) is 24.3 Å². The molecule has 0 saturated carbocycles. The van der Waals surface area contributed by atoms with Crippen LogP contribution >= 0.6 is 0 Å². The topological polar surface area (TPSA) is 68.8 Å². The van der Waals surface area contributed by atoms with Crippen LogP contribution in [0.2, 0.25) is 0 Å². The van der Waals surface area contributed by atoms with Gasteiger partial charge in [-0.05, 0) is 25.1 Å². The summed E-state index contributed by atoms with van der Waals surface area (Å²) < 4.78 is 16.3. The molecule has 0 radical (unpaired) electrons. The predicted molar refractivity (Wildman–Crippen MR) is 96.3 cm³/mol. The molecule has 0 aliphatic carbocycles. The molecular formula is C19H24N2O4. The Labute approximate surface area is 148 Å². The molecule has 6 heteroatoms. The first-order valence-corrected chi connectivity index (χ1v) is 8.22. The summed E-state index contributed by atoms with van der Waals surface area (Å²) in [7, 11) is 1.61. The second-order valence-corrected chi connectivity index (χ2v) is 5.18. The SMILES string of the molecule is CCOc1cccc(OCCNC(=O)NCc2ccccc2OC)c1. The minimum absolute atomic E-state index is 0.252. The van der Waals surface area contributed by atoms with Crippen molar-refractivity contribution < 1.29 is 19.0 Å². The standard InChI is InChI=1S/C19H24N2O4/c1-3-24-16-8-6-9-17(13-16)25-12-11-20-19(22)21-14-15-7-4-5-10-18(15)23-2/h4-10,13H,3,11-12,14H2,1-2H3,(H2,20,21,22). The maximum Gasteiger partial charge on any atom is 0.315 e. The van der Waals surface area contributed by atoms with Crippen LogP contribution in [0.1, 0.15) is 12.5 Å². The Bertz CT molecular complexity index is 676. The first-order chi connectivity index (χ1) is 12.2. The van der Waals surface area contributed by atoms with Gasteiger partial charge in [0.15, 0.2) is 0 Å². The summed E-state index contributed by atoms with van der Waals surface area (Å²) in [6.07, 6.45) is 0. The number of amides is 2. The van der Waals surface area contributed by atoms with Crippen LogP contribution in [0.4, 0.5) is 4.79 Å². The largest absolute Gasteiger partial charge is 0.496 e. The Morgan fingerprint density at radius 2 is 1.76 bits per heavy atom. The highest BCUT2D eigenvalue weighted by atomic mass is 16.5. The van der Waals surface area contributed by atoms with Crippen LogP contribution in [0.25, 0.3) is 0 Å². The fourth-order valence-corrected chi connectivity index (χ4v) is 2.24. The molecule has 0 saturated heterocycles. The van der Waals surface area contributed by atoms with Crippen molar-refractivity contribution in [1.29, 1.82) is 0 Å². The molecular weight excluding hydrogens is 320 g/mol. The number of benzene rings is 2. The van der Waals surface area contributed by atoms with Crippen LogP contribution in [-0.2, 0) is 6.54 Å². The van der Waals surface area contributed by atoms with E-state index in [0.717, 1.165) is 17.1 Å². The van der Waals surface area contributed by atoms with Gasteiger partial charge in [0, 0.05) is 18.2 Å². The summed E-state index contributed by atoms with van der Waals surface area (Å²) in [6.45, 7) is 3.71. The number of carbonyl (C=O) groups excluding carboxylic acids is 1. The molecule has 0 unspecified atom stereocenters. The summed E-state index contributed by atoms with van der Waals surface area (Å²) in [4.78, 5) is 11.8. The highest BCUT2D eigenvalue weighted by molar-refractivity contribution is 5.73. The Morgan fingerprint density at radius 1 is 1.00 bits per heavy atom. The number of para-hydroxylation sites is 1. The highest BCUT2D eigenvalue weighted by Gasteiger charge is 2.04. The molecule has 2 N–H and O–H groups in total. The van der Waals surface area contributed by atoms with E-state index in [1.807, 2.05) is 55.5 Å². The van der Waals surface area contributed by atoms with Gasteiger partial charge in [0.1, 0.15) is 23.9 Å². The minimum Gasteiger partial charge on any atom is -0.496 e. The van der Waals surface area contributed by atoms with Crippen LogP contribution in [0.3, 0.4) is 0 Å². The van der Waals surface area contributed by atoms with E-state index in [2.05, 4.69) is 10.6 Å². The third kappa shape index (κ3) is 6.25. The first kappa shape index (κ1) is 18.4. The average Bonchev–Trinajstić information content (AvgIpc) is 2.64. The maximum atomic E-state index is 11.8. The number of carbonyl (C=O) groups is 1. The van der Waals surface area contributed by atoms with Gasteiger partial charge in [-0.15, -0.1) is 0 Å². The van der Waals surface area contributed by atoms with E-state index in [4.69, 9.17) is 14.2 Å². The minimum atomic E-state index is -0.252. The van der Waals surface area contributed by atoms with Crippen LogP contribution in [0, 0.1) is 0 Å².